The Labute approximate surface area is 153 Å². The fourth-order valence-corrected chi connectivity index (χ4v) is 4.51. The van der Waals surface area contributed by atoms with Crippen molar-refractivity contribution in [1.29, 1.82) is 0 Å². The van der Waals surface area contributed by atoms with Crippen LogP contribution in [0.4, 0.5) is 0 Å². The van der Waals surface area contributed by atoms with Crippen molar-refractivity contribution in [2.24, 2.45) is 0 Å². The Bertz CT molecular complexity index is 866. The first-order chi connectivity index (χ1) is 12.0. The lowest BCUT2D eigenvalue weighted by Gasteiger charge is -2.16. The summed E-state index contributed by atoms with van der Waals surface area (Å²) in [5.41, 5.74) is 1.35. The molecule has 1 aliphatic heterocycles. The lowest BCUT2D eigenvalue weighted by atomic mass is 10.3. The van der Waals surface area contributed by atoms with E-state index in [2.05, 4.69) is 4.98 Å². The van der Waals surface area contributed by atoms with Gasteiger partial charge in [0.2, 0.25) is 0 Å². The van der Waals surface area contributed by atoms with Crippen LogP contribution in [0.1, 0.15) is 12.6 Å². The summed E-state index contributed by atoms with van der Waals surface area (Å²) in [7, 11) is 2.93. The second-order valence-electron chi connectivity index (χ2n) is 5.39. The summed E-state index contributed by atoms with van der Waals surface area (Å²) in [5, 5.41) is 0.0123. The highest BCUT2D eigenvalue weighted by Crippen LogP contribution is 2.32. The third-order valence-electron chi connectivity index (χ3n) is 3.79. The first kappa shape index (κ1) is 17.9. The number of aryl methyl sites for hydroxylation is 1. The minimum absolute atomic E-state index is 0.111. The zero-order chi connectivity index (χ0) is 18.0. The predicted molar refractivity (Wildman–Crippen MR) is 98.1 cm³/mol. The summed E-state index contributed by atoms with van der Waals surface area (Å²) in [5.74, 6) is 1.14. The van der Waals surface area contributed by atoms with E-state index in [0.29, 0.717) is 21.5 Å². The Balaban J connectivity index is 2.14. The topological polar surface area (TPSA) is 70.4 Å². The van der Waals surface area contributed by atoms with Gasteiger partial charge in [0.1, 0.15) is 11.0 Å². The van der Waals surface area contributed by atoms with Crippen LogP contribution < -0.4 is 10.3 Å². The second kappa shape index (κ2) is 7.53. The number of ether oxygens (including phenoxy) is 2. The van der Waals surface area contributed by atoms with Gasteiger partial charge in [-0.25, -0.2) is 4.98 Å². The van der Waals surface area contributed by atoms with E-state index in [0.717, 1.165) is 17.9 Å². The molecule has 0 N–H and O–H groups in total. The number of carbonyl (C=O) groups is 1. The molecule has 2 aromatic rings. The third kappa shape index (κ3) is 3.55. The van der Waals surface area contributed by atoms with Crippen LogP contribution in [0, 0.1) is 0 Å². The van der Waals surface area contributed by atoms with Crippen molar-refractivity contribution >= 4 is 29.5 Å². The number of carbonyl (C=O) groups excluding carboxylic acids is 1. The van der Waals surface area contributed by atoms with E-state index < -0.39 is 5.25 Å². The maximum absolute atomic E-state index is 13.0. The number of fused-ring (bicyclic) bond motifs is 1. The zero-order valence-electron chi connectivity index (χ0n) is 14.1. The van der Waals surface area contributed by atoms with Gasteiger partial charge in [0, 0.05) is 18.2 Å². The summed E-state index contributed by atoms with van der Waals surface area (Å²) >= 11 is 2.74. The first-order valence-corrected chi connectivity index (χ1v) is 9.59. The van der Waals surface area contributed by atoms with Gasteiger partial charge in [-0.1, -0.05) is 17.8 Å². The molecule has 132 valence electrons. The van der Waals surface area contributed by atoms with Gasteiger partial charge in [-0.15, -0.1) is 11.8 Å². The van der Waals surface area contributed by atoms with Crippen molar-refractivity contribution in [2.45, 2.75) is 28.6 Å². The van der Waals surface area contributed by atoms with E-state index in [4.69, 9.17) is 9.47 Å². The van der Waals surface area contributed by atoms with Crippen LogP contribution in [0.15, 0.2) is 39.1 Å². The average molecular weight is 378 g/mol. The number of thioether (sulfide) groups is 2. The Hall–Kier alpha value is -1.93. The number of hydrogen-bond acceptors (Lipinski definition) is 7. The quantitative estimate of drug-likeness (QED) is 0.450. The molecule has 0 bridgehead atoms. The largest absolute Gasteiger partial charge is 0.497 e. The highest BCUT2D eigenvalue weighted by atomic mass is 32.2. The van der Waals surface area contributed by atoms with Gasteiger partial charge in [-0.3, -0.25) is 14.2 Å². The molecule has 3 rings (SSSR count). The molecule has 1 atom stereocenters. The van der Waals surface area contributed by atoms with Crippen LogP contribution in [0.25, 0.3) is 5.69 Å². The molecule has 0 unspecified atom stereocenters. The van der Waals surface area contributed by atoms with Gasteiger partial charge in [-0.2, -0.15) is 0 Å². The number of rotatable bonds is 5. The van der Waals surface area contributed by atoms with Gasteiger partial charge in [0.15, 0.2) is 5.16 Å². The maximum Gasteiger partial charge on any atom is 0.318 e. The van der Waals surface area contributed by atoms with Crippen LogP contribution in [0.5, 0.6) is 5.75 Å². The molecule has 0 saturated heterocycles. The first-order valence-electron chi connectivity index (χ1n) is 7.72. The average Bonchev–Trinajstić information content (AvgIpc) is 3.10. The smallest absolute Gasteiger partial charge is 0.318 e. The van der Waals surface area contributed by atoms with Crippen LogP contribution in [0.3, 0.4) is 0 Å². The molecule has 6 nitrogen and oxygen atoms in total. The summed E-state index contributed by atoms with van der Waals surface area (Å²) in [6.45, 7) is 1.74. The molecule has 0 amide bonds. The van der Waals surface area contributed by atoms with Crippen LogP contribution in [-0.2, 0) is 16.0 Å². The Kier molecular flexibility index (Phi) is 5.39. The van der Waals surface area contributed by atoms with Crippen LogP contribution in [0.2, 0.25) is 0 Å². The van der Waals surface area contributed by atoms with E-state index in [1.807, 2.05) is 18.2 Å². The zero-order valence-corrected chi connectivity index (χ0v) is 15.8. The van der Waals surface area contributed by atoms with Crippen molar-refractivity contribution in [3.8, 4) is 11.4 Å². The summed E-state index contributed by atoms with van der Waals surface area (Å²) in [6.07, 6.45) is 0.758. The molecule has 0 fully saturated rings. The minimum atomic E-state index is -0.471. The number of methoxy groups -OCH3 is 2. The van der Waals surface area contributed by atoms with Crippen LogP contribution >= 0.6 is 23.5 Å². The van der Waals surface area contributed by atoms with Gasteiger partial charge in [-0.05, 0) is 19.1 Å². The van der Waals surface area contributed by atoms with Crippen molar-refractivity contribution in [3.05, 3.63) is 40.3 Å². The molecular weight excluding hydrogens is 360 g/mol. The van der Waals surface area contributed by atoms with Crippen molar-refractivity contribution in [2.75, 3.05) is 20.0 Å². The summed E-state index contributed by atoms with van der Waals surface area (Å²) in [4.78, 5) is 30.2. The van der Waals surface area contributed by atoms with E-state index in [-0.39, 0.29) is 11.5 Å². The fourth-order valence-electron chi connectivity index (χ4n) is 2.52. The molecule has 0 saturated carbocycles. The van der Waals surface area contributed by atoms with E-state index >= 15 is 0 Å². The lowest BCUT2D eigenvalue weighted by molar-refractivity contribution is -0.139. The van der Waals surface area contributed by atoms with E-state index in [1.54, 1.807) is 24.7 Å². The third-order valence-corrected chi connectivity index (χ3v) is 5.93. The maximum atomic E-state index is 13.0. The highest BCUT2D eigenvalue weighted by molar-refractivity contribution is 8.00. The van der Waals surface area contributed by atoms with E-state index in [9.17, 15) is 9.59 Å². The molecule has 2 heterocycles. The highest BCUT2D eigenvalue weighted by Gasteiger charge is 2.25. The van der Waals surface area contributed by atoms with E-state index in [1.165, 1.54) is 30.6 Å². The molecule has 25 heavy (non-hydrogen) atoms. The monoisotopic (exact) mass is 378 g/mol. The molecule has 1 aromatic heterocycles. The number of hydrogen-bond donors (Lipinski definition) is 0. The Morgan fingerprint density at radius 3 is 2.92 bits per heavy atom. The molecule has 0 radical (unpaired) electrons. The molecule has 8 heteroatoms. The SMILES string of the molecule is COC(=O)[C@H](C)Sc1nc2c(c(=O)n1-c1cccc(OC)c1)SCC2. The number of benzene rings is 1. The summed E-state index contributed by atoms with van der Waals surface area (Å²) in [6, 6.07) is 7.24. The summed E-state index contributed by atoms with van der Waals surface area (Å²) < 4.78 is 11.6. The Morgan fingerprint density at radius 1 is 1.40 bits per heavy atom. The van der Waals surface area contributed by atoms with Crippen molar-refractivity contribution < 1.29 is 14.3 Å². The standard InChI is InChI=1S/C17H18N2O4S2/c1-10(16(21)23-3)25-17-18-13-7-8-24-14(13)15(20)19(17)11-5-4-6-12(9-11)22-2/h4-6,9-10H,7-8H2,1-3H3/t10-/m0/s1. The Morgan fingerprint density at radius 2 is 2.20 bits per heavy atom. The predicted octanol–water partition coefficient (Wildman–Crippen LogP) is 2.54. The number of aromatic nitrogens is 2. The molecular formula is C17H18N2O4S2. The fraction of sp³-hybridized carbons (Fsp3) is 0.353. The van der Waals surface area contributed by atoms with Gasteiger partial charge in [0.25, 0.3) is 5.56 Å². The van der Waals surface area contributed by atoms with Crippen LogP contribution in [-0.4, -0.2) is 40.7 Å². The van der Waals surface area contributed by atoms with Gasteiger partial charge < -0.3 is 9.47 Å². The van der Waals surface area contributed by atoms with Gasteiger partial charge >= 0.3 is 5.97 Å². The number of nitrogens with zero attached hydrogens (tertiary/aromatic N) is 2. The molecule has 1 aromatic carbocycles. The second-order valence-corrected chi connectivity index (χ2v) is 7.81. The van der Waals surface area contributed by atoms with Crippen molar-refractivity contribution in [3.63, 3.8) is 0 Å². The van der Waals surface area contributed by atoms with Crippen molar-refractivity contribution in [1.82, 2.24) is 9.55 Å². The number of esters is 1. The lowest BCUT2D eigenvalue weighted by Crippen LogP contribution is -2.25. The molecule has 1 aliphatic rings. The molecule has 0 aliphatic carbocycles. The normalized spacial score (nSPS) is 14.0. The van der Waals surface area contributed by atoms with Gasteiger partial charge in [0.05, 0.1) is 30.5 Å². The minimum Gasteiger partial charge on any atom is -0.497 e. The molecule has 0 spiro atoms.